The maximum atomic E-state index is 14.2. The fourth-order valence-electron chi connectivity index (χ4n) is 3.30. The molecule has 0 N–H and O–H groups in total. The second kappa shape index (κ2) is 10.4. The number of amides is 2. The van der Waals surface area contributed by atoms with Crippen LogP contribution in [-0.2, 0) is 17.9 Å². The van der Waals surface area contributed by atoms with Crippen molar-refractivity contribution in [2.45, 2.75) is 39.9 Å². The maximum Gasteiger partial charge on any atom is 0.257 e. The molecule has 2 aromatic carbocycles. The Morgan fingerprint density at radius 2 is 1.65 bits per heavy atom. The number of carbonyl (C=O) groups excluding carboxylic acids is 2. The van der Waals surface area contributed by atoms with Crippen molar-refractivity contribution in [1.82, 2.24) is 9.80 Å². The number of hydrogen-bond acceptors (Lipinski definition) is 3. The van der Waals surface area contributed by atoms with Crippen molar-refractivity contribution in [3.8, 4) is 0 Å². The molecule has 0 aliphatic carbocycles. The fraction of sp³-hybridized carbons (Fsp3) is 0.280. The molecular formula is C25H27FN2O2S. The second-order valence-corrected chi connectivity index (χ2v) is 8.77. The number of benzene rings is 2. The van der Waals surface area contributed by atoms with Crippen LogP contribution in [0.3, 0.4) is 0 Å². The minimum atomic E-state index is -0.582. The van der Waals surface area contributed by atoms with E-state index >= 15 is 0 Å². The van der Waals surface area contributed by atoms with Gasteiger partial charge in [0.25, 0.3) is 5.91 Å². The first-order valence-corrected chi connectivity index (χ1v) is 11.1. The van der Waals surface area contributed by atoms with E-state index in [1.807, 2.05) is 62.5 Å². The number of carbonyl (C=O) groups is 2. The number of halogens is 1. The van der Waals surface area contributed by atoms with Gasteiger partial charge < -0.3 is 9.80 Å². The molecule has 0 spiro atoms. The van der Waals surface area contributed by atoms with Gasteiger partial charge in [-0.2, -0.15) is 0 Å². The molecule has 6 heteroatoms. The van der Waals surface area contributed by atoms with Crippen LogP contribution in [0.25, 0.3) is 0 Å². The van der Waals surface area contributed by atoms with Gasteiger partial charge in [-0.25, -0.2) is 4.39 Å². The van der Waals surface area contributed by atoms with E-state index < -0.39 is 11.7 Å². The summed E-state index contributed by atoms with van der Waals surface area (Å²) in [4.78, 5) is 30.7. The van der Waals surface area contributed by atoms with E-state index in [1.165, 1.54) is 17.0 Å². The lowest BCUT2D eigenvalue weighted by Gasteiger charge is -2.30. The lowest BCUT2D eigenvalue weighted by atomic mass is 10.1. The zero-order valence-corrected chi connectivity index (χ0v) is 18.9. The average Bonchev–Trinajstić information content (AvgIpc) is 3.16. The van der Waals surface area contributed by atoms with Crippen LogP contribution in [0.4, 0.5) is 4.39 Å². The molecule has 0 fully saturated rings. The molecular weight excluding hydrogens is 411 g/mol. The minimum Gasteiger partial charge on any atom is -0.332 e. The number of rotatable bonds is 8. The highest BCUT2D eigenvalue weighted by atomic mass is 32.1. The van der Waals surface area contributed by atoms with Crippen LogP contribution in [0, 0.1) is 12.7 Å². The van der Waals surface area contributed by atoms with Crippen molar-refractivity contribution in [1.29, 1.82) is 0 Å². The summed E-state index contributed by atoms with van der Waals surface area (Å²) < 4.78 is 14.2. The lowest BCUT2D eigenvalue weighted by Crippen LogP contribution is -2.45. The highest BCUT2D eigenvalue weighted by Gasteiger charge is 2.26. The van der Waals surface area contributed by atoms with Gasteiger partial charge in [-0.1, -0.05) is 42.5 Å². The van der Waals surface area contributed by atoms with Gasteiger partial charge in [0.05, 0.1) is 12.1 Å². The smallest absolute Gasteiger partial charge is 0.257 e. The van der Waals surface area contributed by atoms with Gasteiger partial charge in [-0.15, -0.1) is 11.3 Å². The Labute approximate surface area is 186 Å². The Morgan fingerprint density at radius 1 is 0.968 bits per heavy atom. The van der Waals surface area contributed by atoms with Crippen molar-refractivity contribution < 1.29 is 14.0 Å². The maximum absolute atomic E-state index is 14.2. The van der Waals surface area contributed by atoms with Gasteiger partial charge in [0.2, 0.25) is 5.91 Å². The summed E-state index contributed by atoms with van der Waals surface area (Å²) in [5.41, 5.74) is 2.13. The third-order valence-electron chi connectivity index (χ3n) is 5.17. The predicted octanol–water partition coefficient (Wildman–Crippen LogP) is 5.28. The Hall–Kier alpha value is -2.99. The lowest BCUT2D eigenvalue weighted by molar-refractivity contribution is -0.133. The molecule has 31 heavy (non-hydrogen) atoms. The van der Waals surface area contributed by atoms with Gasteiger partial charge in [-0.05, 0) is 55.5 Å². The molecule has 0 radical (unpaired) electrons. The molecule has 162 valence electrons. The summed E-state index contributed by atoms with van der Waals surface area (Å²) in [5.74, 6) is -1.23. The summed E-state index contributed by atoms with van der Waals surface area (Å²) in [6.45, 7) is 6.49. The number of hydrogen-bond donors (Lipinski definition) is 0. The zero-order valence-electron chi connectivity index (χ0n) is 18.0. The summed E-state index contributed by atoms with van der Waals surface area (Å²) in [7, 11) is 0. The van der Waals surface area contributed by atoms with E-state index in [1.54, 1.807) is 28.4 Å². The average molecular weight is 439 g/mol. The van der Waals surface area contributed by atoms with Crippen LogP contribution >= 0.6 is 11.3 Å². The quantitative estimate of drug-likeness (QED) is 0.480. The van der Waals surface area contributed by atoms with E-state index in [9.17, 15) is 14.0 Å². The van der Waals surface area contributed by atoms with Gasteiger partial charge in [0.1, 0.15) is 12.4 Å². The monoisotopic (exact) mass is 438 g/mol. The Balaban J connectivity index is 1.83. The first kappa shape index (κ1) is 22.7. The molecule has 0 aliphatic rings. The van der Waals surface area contributed by atoms with Crippen LogP contribution in [-0.4, -0.2) is 34.2 Å². The molecule has 0 bridgehead atoms. The van der Waals surface area contributed by atoms with Crippen molar-refractivity contribution in [2.24, 2.45) is 0 Å². The normalized spacial score (nSPS) is 10.9. The molecule has 2 amide bonds. The highest BCUT2D eigenvalue weighted by Crippen LogP contribution is 2.20. The SMILES string of the molecule is Cc1ccsc1CN(Cc1ccccc1)C(=O)CN(C(=O)c1ccccc1F)C(C)C. The molecule has 3 rings (SSSR count). The summed E-state index contributed by atoms with van der Waals surface area (Å²) in [5, 5.41) is 2.01. The van der Waals surface area contributed by atoms with E-state index in [0.29, 0.717) is 13.1 Å². The third-order valence-corrected chi connectivity index (χ3v) is 6.17. The van der Waals surface area contributed by atoms with Crippen molar-refractivity contribution in [2.75, 3.05) is 6.54 Å². The largest absolute Gasteiger partial charge is 0.332 e. The molecule has 0 saturated carbocycles. The highest BCUT2D eigenvalue weighted by molar-refractivity contribution is 7.10. The molecule has 1 heterocycles. The van der Waals surface area contributed by atoms with Crippen molar-refractivity contribution in [3.63, 3.8) is 0 Å². The van der Waals surface area contributed by atoms with Gasteiger partial charge >= 0.3 is 0 Å². The van der Waals surface area contributed by atoms with Crippen LogP contribution in [0.1, 0.15) is 40.2 Å². The molecule has 4 nitrogen and oxygen atoms in total. The molecule has 0 saturated heterocycles. The van der Waals surface area contributed by atoms with Crippen LogP contribution in [0.2, 0.25) is 0 Å². The standard InChI is InChI=1S/C25H27FN2O2S/c1-18(2)28(25(30)21-11-7-8-12-22(21)26)17-24(29)27(15-20-9-5-4-6-10-20)16-23-19(3)13-14-31-23/h4-14,18H,15-17H2,1-3H3. The van der Waals surface area contributed by atoms with E-state index in [4.69, 9.17) is 0 Å². The van der Waals surface area contributed by atoms with Crippen LogP contribution in [0.5, 0.6) is 0 Å². The first-order chi connectivity index (χ1) is 14.9. The summed E-state index contributed by atoms with van der Waals surface area (Å²) in [6, 6.07) is 17.4. The molecule has 0 unspecified atom stereocenters. The molecule has 0 aliphatic heterocycles. The molecule has 3 aromatic rings. The topological polar surface area (TPSA) is 40.6 Å². The summed E-state index contributed by atoms with van der Waals surface area (Å²) >= 11 is 1.61. The third kappa shape index (κ3) is 5.79. The number of nitrogens with zero attached hydrogens (tertiary/aromatic N) is 2. The van der Waals surface area contributed by atoms with Crippen LogP contribution < -0.4 is 0 Å². The Morgan fingerprint density at radius 3 is 2.26 bits per heavy atom. The van der Waals surface area contributed by atoms with E-state index in [0.717, 1.165) is 16.0 Å². The second-order valence-electron chi connectivity index (χ2n) is 7.77. The fourth-order valence-corrected chi connectivity index (χ4v) is 4.22. The zero-order chi connectivity index (χ0) is 22.4. The van der Waals surface area contributed by atoms with Crippen LogP contribution in [0.15, 0.2) is 66.0 Å². The predicted molar refractivity (Wildman–Crippen MR) is 122 cm³/mol. The van der Waals surface area contributed by atoms with E-state index in [2.05, 4.69) is 0 Å². The molecule has 0 atom stereocenters. The Bertz CT molecular complexity index is 1030. The number of thiophene rings is 1. The minimum absolute atomic E-state index is 0.0206. The van der Waals surface area contributed by atoms with E-state index in [-0.39, 0.29) is 24.1 Å². The first-order valence-electron chi connectivity index (χ1n) is 10.3. The van der Waals surface area contributed by atoms with Gasteiger partial charge in [-0.3, -0.25) is 9.59 Å². The van der Waals surface area contributed by atoms with Crippen molar-refractivity contribution in [3.05, 3.63) is 93.4 Å². The number of aryl methyl sites for hydroxylation is 1. The van der Waals surface area contributed by atoms with Gasteiger partial charge in [0, 0.05) is 17.5 Å². The van der Waals surface area contributed by atoms with Crippen molar-refractivity contribution >= 4 is 23.2 Å². The Kier molecular flexibility index (Phi) is 7.58. The van der Waals surface area contributed by atoms with Gasteiger partial charge in [0.15, 0.2) is 0 Å². The molecule has 1 aromatic heterocycles. The summed E-state index contributed by atoms with van der Waals surface area (Å²) in [6.07, 6.45) is 0.